The molecule has 1 aliphatic rings. The number of nitrogens with one attached hydrogen (secondary N) is 2. The Morgan fingerprint density at radius 1 is 1.17 bits per heavy atom. The van der Waals surface area contributed by atoms with Gasteiger partial charge < -0.3 is 5.32 Å². The summed E-state index contributed by atoms with van der Waals surface area (Å²) in [4.78, 5) is 27.2. The lowest BCUT2D eigenvalue weighted by Crippen LogP contribution is -2.38. The first-order valence-electron chi connectivity index (χ1n) is 7.62. The van der Waals surface area contributed by atoms with E-state index in [0.29, 0.717) is 5.69 Å². The lowest BCUT2D eigenvalue weighted by Gasteiger charge is -2.23. The Morgan fingerprint density at radius 2 is 1.91 bits per heavy atom. The van der Waals surface area contributed by atoms with Gasteiger partial charge in [-0.25, -0.2) is 9.18 Å². The van der Waals surface area contributed by atoms with Gasteiger partial charge in [-0.15, -0.1) is 0 Å². The van der Waals surface area contributed by atoms with Crippen molar-refractivity contribution in [2.75, 3.05) is 5.32 Å². The average Bonchev–Trinajstić information content (AvgIpc) is 2.51. The number of rotatable bonds is 3. The van der Waals surface area contributed by atoms with Gasteiger partial charge in [-0.05, 0) is 31.0 Å². The van der Waals surface area contributed by atoms with E-state index >= 15 is 0 Å². The van der Waals surface area contributed by atoms with Gasteiger partial charge in [0.05, 0.1) is 5.02 Å². The van der Waals surface area contributed by atoms with Crippen LogP contribution in [0, 0.1) is 5.82 Å². The predicted molar refractivity (Wildman–Crippen MR) is 88.1 cm³/mol. The molecule has 3 rings (SSSR count). The molecule has 1 saturated carbocycles. The van der Waals surface area contributed by atoms with E-state index in [1.165, 1.54) is 28.8 Å². The van der Waals surface area contributed by atoms with Crippen LogP contribution in [0.2, 0.25) is 5.02 Å². The quantitative estimate of drug-likeness (QED) is 0.899. The van der Waals surface area contributed by atoms with E-state index in [-0.39, 0.29) is 22.4 Å². The van der Waals surface area contributed by atoms with E-state index in [4.69, 9.17) is 11.6 Å². The van der Waals surface area contributed by atoms with Crippen LogP contribution in [0.3, 0.4) is 0 Å². The fourth-order valence-electron chi connectivity index (χ4n) is 2.99. The van der Waals surface area contributed by atoms with Crippen LogP contribution in [0.5, 0.6) is 0 Å². The molecular weight excluding hydrogens is 321 g/mol. The van der Waals surface area contributed by atoms with Gasteiger partial charge in [0.2, 0.25) is 0 Å². The van der Waals surface area contributed by atoms with E-state index in [1.807, 2.05) is 0 Å². The number of hydrogen-bond acceptors (Lipinski definition) is 3. The number of halogens is 2. The zero-order valence-corrected chi connectivity index (χ0v) is 13.2. The molecule has 0 atom stereocenters. The molecule has 0 radical (unpaired) electrons. The summed E-state index contributed by atoms with van der Waals surface area (Å²) in [7, 11) is 0. The normalized spacial score (nSPS) is 15.6. The van der Waals surface area contributed by atoms with Gasteiger partial charge in [-0.1, -0.05) is 30.9 Å². The predicted octanol–water partition coefficient (Wildman–Crippen LogP) is 3.58. The first-order chi connectivity index (χ1) is 11.0. The molecule has 122 valence electrons. The molecule has 7 heteroatoms. The van der Waals surface area contributed by atoms with Crippen molar-refractivity contribution >= 4 is 23.1 Å². The molecule has 2 N–H and O–H groups in total. The molecular formula is C16H17ClFN3O2. The van der Waals surface area contributed by atoms with Crippen LogP contribution in [-0.4, -0.2) is 9.55 Å². The molecule has 1 heterocycles. The van der Waals surface area contributed by atoms with Crippen molar-refractivity contribution in [2.24, 2.45) is 0 Å². The Hall–Kier alpha value is -2.08. The first-order valence-corrected chi connectivity index (χ1v) is 8.00. The van der Waals surface area contributed by atoms with E-state index in [1.54, 1.807) is 0 Å². The van der Waals surface area contributed by atoms with E-state index in [0.717, 1.165) is 32.1 Å². The second-order valence-corrected chi connectivity index (χ2v) is 6.15. The van der Waals surface area contributed by atoms with Crippen molar-refractivity contribution in [3.8, 4) is 0 Å². The topological polar surface area (TPSA) is 66.9 Å². The molecule has 0 spiro atoms. The molecule has 1 aromatic carbocycles. The number of hydrogen-bond donors (Lipinski definition) is 2. The summed E-state index contributed by atoms with van der Waals surface area (Å²) in [5, 5.41) is 2.83. The van der Waals surface area contributed by atoms with Crippen LogP contribution in [0.25, 0.3) is 0 Å². The van der Waals surface area contributed by atoms with E-state index in [9.17, 15) is 14.0 Å². The maximum Gasteiger partial charge on any atom is 0.330 e. The number of anilines is 2. The van der Waals surface area contributed by atoms with Gasteiger partial charge in [0.15, 0.2) is 0 Å². The van der Waals surface area contributed by atoms with Crippen molar-refractivity contribution in [3.05, 3.63) is 55.9 Å². The second kappa shape index (κ2) is 6.58. The Morgan fingerprint density at radius 3 is 2.57 bits per heavy atom. The maximum atomic E-state index is 13.2. The zero-order chi connectivity index (χ0) is 16.4. The summed E-state index contributed by atoms with van der Waals surface area (Å²) in [5.41, 5.74) is -0.279. The molecule has 2 aromatic rings. The summed E-state index contributed by atoms with van der Waals surface area (Å²) in [6.07, 6.45) is 4.91. The van der Waals surface area contributed by atoms with Crippen molar-refractivity contribution in [2.45, 2.75) is 38.1 Å². The van der Waals surface area contributed by atoms with Gasteiger partial charge in [0.1, 0.15) is 11.6 Å². The Bertz CT molecular complexity index is 794. The van der Waals surface area contributed by atoms with Crippen molar-refractivity contribution in [3.63, 3.8) is 0 Å². The van der Waals surface area contributed by atoms with Gasteiger partial charge in [0, 0.05) is 17.8 Å². The van der Waals surface area contributed by atoms with Gasteiger partial charge >= 0.3 is 5.69 Å². The first kappa shape index (κ1) is 15.8. The van der Waals surface area contributed by atoms with Gasteiger partial charge in [-0.3, -0.25) is 14.3 Å². The minimum absolute atomic E-state index is 0.0330. The summed E-state index contributed by atoms with van der Waals surface area (Å²) < 4.78 is 14.4. The number of H-pyrrole nitrogens is 1. The fourth-order valence-corrected chi connectivity index (χ4v) is 3.17. The standard InChI is InChI=1S/C16H17ClFN3O2/c17-12-8-10(6-7-13(12)18)19-14-9-15(22)21(16(23)20-14)11-4-2-1-3-5-11/h6-9,11,19H,1-5H2,(H,20,23). The molecule has 0 saturated heterocycles. The van der Waals surface area contributed by atoms with Crippen molar-refractivity contribution < 1.29 is 4.39 Å². The number of aromatic amines is 1. The third kappa shape index (κ3) is 3.47. The minimum atomic E-state index is -0.529. The van der Waals surface area contributed by atoms with Crippen LogP contribution in [0.1, 0.15) is 38.1 Å². The summed E-state index contributed by atoms with van der Waals surface area (Å²) in [6, 6.07) is 5.39. The molecule has 1 aliphatic carbocycles. The largest absolute Gasteiger partial charge is 0.341 e. The number of benzene rings is 1. The Labute approximate surface area is 137 Å². The molecule has 5 nitrogen and oxygen atoms in total. The number of nitrogens with zero attached hydrogens (tertiary/aromatic N) is 1. The third-order valence-corrected chi connectivity index (χ3v) is 4.39. The molecule has 0 unspecified atom stereocenters. The van der Waals surface area contributed by atoms with E-state index in [2.05, 4.69) is 10.3 Å². The smallest absolute Gasteiger partial charge is 0.330 e. The lowest BCUT2D eigenvalue weighted by molar-refractivity contribution is 0.336. The highest BCUT2D eigenvalue weighted by molar-refractivity contribution is 6.31. The van der Waals surface area contributed by atoms with Crippen LogP contribution in [0.15, 0.2) is 33.9 Å². The highest BCUT2D eigenvalue weighted by Gasteiger charge is 2.19. The Balaban J connectivity index is 1.88. The Kier molecular flexibility index (Phi) is 4.52. The third-order valence-electron chi connectivity index (χ3n) is 4.10. The monoisotopic (exact) mass is 337 g/mol. The van der Waals surface area contributed by atoms with Crippen LogP contribution >= 0.6 is 11.6 Å². The molecule has 23 heavy (non-hydrogen) atoms. The van der Waals surface area contributed by atoms with E-state index < -0.39 is 11.5 Å². The lowest BCUT2D eigenvalue weighted by atomic mass is 9.95. The highest BCUT2D eigenvalue weighted by atomic mass is 35.5. The van der Waals surface area contributed by atoms with Crippen molar-refractivity contribution in [1.82, 2.24) is 9.55 Å². The van der Waals surface area contributed by atoms with Crippen LogP contribution in [-0.2, 0) is 0 Å². The summed E-state index contributed by atoms with van der Waals surface area (Å²) >= 11 is 5.72. The number of aromatic nitrogens is 2. The second-order valence-electron chi connectivity index (χ2n) is 5.74. The summed E-state index contributed by atoms with van der Waals surface area (Å²) in [5.74, 6) is -0.270. The molecule has 1 fully saturated rings. The SMILES string of the molecule is O=c1cc(Nc2ccc(F)c(Cl)c2)[nH]c(=O)n1C1CCCCC1. The van der Waals surface area contributed by atoms with Crippen LogP contribution < -0.4 is 16.6 Å². The molecule has 1 aromatic heterocycles. The zero-order valence-electron chi connectivity index (χ0n) is 12.4. The molecule has 0 bridgehead atoms. The average molecular weight is 338 g/mol. The van der Waals surface area contributed by atoms with Crippen LogP contribution in [0.4, 0.5) is 15.9 Å². The highest BCUT2D eigenvalue weighted by Crippen LogP contribution is 2.26. The fraction of sp³-hybridized carbons (Fsp3) is 0.375. The maximum absolute atomic E-state index is 13.2. The van der Waals surface area contributed by atoms with Crippen molar-refractivity contribution in [1.29, 1.82) is 0 Å². The molecule has 0 amide bonds. The minimum Gasteiger partial charge on any atom is -0.341 e. The molecule has 0 aliphatic heterocycles. The van der Waals surface area contributed by atoms with Gasteiger partial charge in [-0.2, -0.15) is 0 Å². The van der Waals surface area contributed by atoms with Gasteiger partial charge in [0.25, 0.3) is 5.56 Å². The summed E-state index contributed by atoms with van der Waals surface area (Å²) in [6.45, 7) is 0.